The van der Waals surface area contributed by atoms with Crippen molar-refractivity contribution in [3.05, 3.63) is 71.2 Å². The van der Waals surface area contributed by atoms with Crippen LogP contribution >= 0.6 is 11.6 Å². The summed E-state index contributed by atoms with van der Waals surface area (Å²) in [6.07, 6.45) is 0. The highest BCUT2D eigenvalue weighted by Gasteiger charge is 2.23. The maximum Gasteiger partial charge on any atom is 0.254 e. The number of halogens is 1. The molecule has 5 heteroatoms. The molecule has 1 fully saturated rings. The third kappa shape index (κ3) is 3.08. The summed E-state index contributed by atoms with van der Waals surface area (Å²) in [5, 5.41) is 12.0. The van der Waals surface area contributed by atoms with Crippen molar-refractivity contribution in [2.45, 2.75) is 0 Å². The van der Waals surface area contributed by atoms with Crippen molar-refractivity contribution < 1.29 is 9.90 Å². The van der Waals surface area contributed by atoms with Crippen LogP contribution in [0.1, 0.15) is 10.4 Å². The number of fused-ring (bicyclic) bond motifs is 1. The van der Waals surface area contributed by atoms with Gasteiger partial charge in [-0.1, -0.05) is 48.0 Å². The van der Waals surface area contributed by atoms with E-state index in [9.17, 15) is 9.90 Å². The average Bonchev–Trinajstić information content (AvgIpc) is 2.69. The average molecular weight is 367 g/mol. The predicted molar refractivity (Wildman–Crippen MR) is 105 cm³/mol. The van der Waals surface area contributed by atoms with Crippen LogP contribution in [0.25, 0.3) is 10.8 Å². The van der Waals surface area contributed by atoms with Gasteiger partial charge in [-0.15, -0.1) is 0 Å². The minimum atomic E-state index is 0.0742. The fourth-order valence-corrected chi connectivity index (χ4v) is 3.62. The van der Waals surface area contributed by atoms with Crippen LogP contribution in [0.3, 0.4) is 0 Å². The van der Waals surface area contributed by atoms with E-state index in [0.717, 1.165) is 35.1 Å². The van der Waals surface area contributed by atoms with Gasteiger partial charge in [-0.05, 0) is 35.0 Å². The van der Waals surface area contributed by atoms with E-state index in [2.05, 4.69) is 4.90 Å². The van der Waals surface area contributed by atoms with Gasteiger partial charge in [0.15, 0.2) is 0 Å². The molecule has 26 heavy (non-hydrogen) atoms. The summed E-state index contributed by atoms with van der Waals surface area (Å²) >= 11 is 6.01. The Morgan fingerprint density at radius 2 is 1.65 bits per heavy atom. The van der Waals surface area contributed by atoms with Crippen molar-refractivity contribution in [1.29, 1.82) is 0 Å². The lowest BCUT2D eigenvalue weighted by molar-refractivity contribution is 0.0749. The van der Waals surface area contributed by atoms with Crippen LogP contribution in [-0.2, 0) is 0 Å². The predicted octanol–water partition coefficient (Wildman–Crippen LogP) is 4.16. The highest BCUT2D eigenvalue weighted by Crippen LogP contribution is 2.29. The summed E-state index contributed by atoms with van der Waals surface area (Å²) in [7, 11) is 0. The van der Waals surface area contributed by atoms with Crippen LogP contribution in [0.4, 0.5) is 5.69 Å². The summed E-state index contributed by atoms with van der Waals surface area (Å²) in [5.74, 6) is 0.158. The first-order valence-electron chi connectivity index (χ1n) is 8.64. The molecule has 4 nitrogen and oxygen atoms in total. The Hall–Kier alpha value is -2.72. The van der Waals surface area contributed by atoms with E-state index >= 15 is 0 Å². The van der Waals surface area contributed by atoms with Gasteiger partial charge in [-0.3, -0.25) is 4.79 Å². The number of rotatable bonds is 2. The zero-order chi connectivity index (χ0) is 18.1. The topological polar surface area (TPSA) is 43.8 Å². The molecule has 0 aromatic heterocycles. The molecule has 0 aliphatic carbocycles. The molecule has 1 aliphatic heterocycles. The van der Waals surface area contributed by atoms with E-state index in [0.29, 0.717) is 18.1 Å². The van der Waals surface area contributed by atoms with Crippen molar-refractivity contribution in [3.63, 3.8) is 0 Å². The third-order valence-corrected chi connectivity index (χ3v) is 5.19. The minimum Gasteiger partial charge on any atom is -0.506 e. The summed E-state index contributed by atoms with van der Waals surface area (Å²) in [6, 6.07) is 19.0. The van der Waals surface area contributed by atoms with Gasteiger partial charge in [0.1, 0.15) is 5.75 Å². The molecule has 132 valence electrons. The van der Waals surface area contributed by atoms with Crippen molar-refractivity contribution in [2.75, 3.05) is 31.1 Å². The number of amides is 1. The first-order chi connectivity index (χ1) is 12.6. The Balaban J connectivity index is 1.50. The number of phenols is 1. The SMILES string of the molecule is O=C(c1cccc2ccccc12)N1CCN(c2ccc(O)c(Cl)c2)CC1. The van der Waals surface area contributed by atoms with Gasteiger partial charge >= 0.3 is 0 Å². The highest BCUT2D eigenvalue weighted by atomic mass is 35.5. The van der Waals surface area contributed by atoms with E-state index in [-0.39, 0.29) is 11.7 Å². The molecule has 1 saturated heterocycles. The largest absolute Gasteiger partial charge is 0.506 e. The molecule has 1 amide bonds. The molecule has 4 rings (SSSR count). The first kappa shape index (κ1) is 16.7. The molecule has 0 radical (unpaired) electrons. The summed E-state index contributed by atoms with van der Waals surface area (Å²) in [4.78, 5) is 17.1. The van der Waals surface area contributed by atoms with Crippen molar-refractivity contribution in [3.8, 4) is 5.75 Å². The fraction of sp³-hybridized carbons (Fsp3) is 0.190. The van der Waals surface area contributed by atoms with Crippen LogP contribution < -0.4 is 4.90 Å². The normalized spacial score (nSPS) is 14.7. The molecule has 3 aromatic carbocycles. The number of nitrogens with zero attached hydrogens (tertiary/aromatic N) is 2. The zero-order valence-corrected chi connectivity index (χ0v) is 15.0. The molecule has 1 N–H and O–H groups in total. The third-order valence-electron chi connectivity index (χ3n) is 4.88. The van der Waals surface area contributed by atoms with Crippen LogP contribution in [0.5, 0.6) is 5.75 Å². The Morgan fingerprint density at radius 1 is 0.923 bits per heavy atom. The molecule has 0 unspecified atom stereocenters. The second-order valence-corrected chi connectivity index (χ2v) is 6.85. The van der Waals surface area contributed by atoms with Gasteiger partial charge in [0.25, 0.3) is 5.91 Å². The molecule has 0 bridgehead atoms. The number of carbonyl (C=O) groups is 1. The number of phenolic OH excluding ortho intramolecular Hbond substituents is 1. The molecular weight excluding hydrogens is 348 g/mol. The van der Waals surface area contributed by atoms with Gasteiger partial charge in [0, 0.05) is 37.4 Å². The van der Waals surface area contributed by atoms with Crippen molar-refractivity contribution in [1.82, 2.24) is 4.90 Å². The lowest BCUT2D eigenvalue weighted by Crippen LogP contribution is -2.48. The van der Waals surface area contributed by atoms with E-state index in [1.165, 1.54) is 0 Å². The second kappa shape index (κ2) is 6.89. The number of hydrogen-bond acceptors (Lipinski definition) is 3. The van der Waals surface area contributed by atoms with Gasteiger partial charge < -0.3 is 14.9 Å². The summed E-state index contributed by atoms with van der Waals surface area (Å²) in [5.41, 5.74) is 1.72. The fourth-order valence-electron chi connectivity index (χ4n) is 3.44. The van der Waals surface area contributed by atoms with Crippen LogP contribution in [-0.4, -0.2) is 42.1 Å². The quantitative estimate of drug-likeness (QED) is 0.740. The lowest BCUT2D eigenvalue weighted by atomic mass is 10.0. The number of hydrogen-bond donors (Lipinski definition) is 1. The van der Waals surface area contributed by atoms with Crippen LogP contribution in [0.15, 0.2) is 60.7 Å². The molecule has 0 saturated carbocycles. The number of aromatic hydroxyl groups is 1. The molecule has 0 spiro atoms. The van der Waals surface area contributed by atoms with Gasteiger partial charge in [0.05, 0.1) is 5.02 Å². The maximum absolute atomic E-state index is 13.0. The number of benzene rings is 3. The van der Waals surface area contributed by atoms with Crippen LogP contribution in [0.2, 0.25) is 5.02 Å². The molecule has 1 aliphatic rings. The Bertz CT molecular complexity index is 960. The highest BCUT2D eigenvalue weighted by molar-refractivity contribution is 6.32. The van der Waals surface area contributed by atoms with Gasteiger partial charge in [-0.25, -0.2) is 0 Å². The van der Waals surface area contributed by atoms with Gasteiger partial charge in [0.2, 0.25) is 0 Å². The lowest BCUT2D eigenvalue weighted by Gasteiger charge is -2.36. The minimum absolute atomic E-state index is 0.0742. The monoisotopic (exact) mass is 366 g/mol. The van der Waals surface area contributed by atoms with E-state index in [1.807, 2.05) is 53.4 Å². The van der Waals surface area contributed by atoms with Crippen molar-refractivity contribution in [2.24, 2.45) is 0 Å². The Morgan fingerprint density at radius 3 is 2.42 bits per heavy atom. The summed E-state index contributed by atoms with van der Waals surface area (Å²) < 4.78 is 0. The Kier molecular flexibility index (Phi) is 4.43. The van der Waals surface area contributed by atoms with E-state index < -0.39 is 0 Å². The number of carbonyl (C=O) groups excluding carboxylic acids is 1. The standard InChI is InChI=1S/C21H19ClN2O2/c22-19-14-16(8-9-20(19)25)23-10-12-24(13-11-23)21(26)18-7-3-5-15-4-1-2-6-17(15)18/h1-9,14,25H,10-13H2. The molecule has 0 atom stereocenters. The zero-order valence-electron chi connectivity index (χ0n) is 14.2. The number of anilines is 1. The molecular formula is C21H19ClN2O2. The van der Waals surface area contributed by atoms with Gasteiger partial charge in [-0.2, -0.15) is 0 Å². The first-order valence-corrected chi connectivity index (χ1v) is 9.02. The van der Waals surface area contributed by atoms with Crippen LogP contribution in [0, 0.1) is 0 Å². The van der Waals surface area contributed by atoms with E-state index in [4.69, 9.17) is 11.6 Å². The molecule has 3 aromatic rings. The second-order valence-electron chi connectivity index (χ2n) is 6.44. The van der Waals surface area contributed by atoms with E-state index in [1.54, 1.807) is 12.1 Å². The smallest absolute Gasteiger partial charge is 0.254 e. The number of piperazine rings is 1. The maximum atomic E-state index is 13.0. The molecule has 1 heterocycles. The summed E-state index contributed by atoms with van der Waals surface area (Å²) in [6.45, 7) is 2.77. The van der Waals surface area contributed by atoms with Crippen molar-refractivity contribution >= 4 is 34.0 Å². The Labute approximate surface area is 157 Å².